The van der Waals surface area contributed by atoms with Crippen molar-refractivity contribution < 1.29 is 0 Å². The first-order valence-electron chi connectivity index (χ1n) is 5.55. The van der Waals surface area contributed by atoms with Crippen molar-refractivity contribution in [2.75, 3.05) is 17.6 Å². The first-order valence-corrected chi connectivity index (χ1v) is 5.55. The van der Waals surface area contributed by atoms with Crippen LogP contribution in [0.25, 0.3) is 0 Å². The molecular weight excluding hydrogens is 186 g/mol. The highest BCUT2D eigenvalue weighted by molar-refractivity contribution is 5.53. The Morgan fingerprint density at radius 3 is 2.80 bits per heavy atom. The molecule has 2 rings (SSSR count). The predicted molar refractivity (Wildman–Crippen MR) is 63.8 cm³/mol. The SMILES string of the molecule is Cc1cnc(NCC2(C)CCC2)cc1N. The zero-order valence-electron chi connectivity index (χ0n) is 9.51. The van der Waals surface area contributed by atoms with Crippen LogP contribution < -0.4 is 11.1 Å². The van der Waals surface area contributed by atoms with Gasteiger partial charge in [-0.3, -0.25) is 0 Å². The van der Waals surface area contributed by atoms with Gasteiger partial charge in [-0.1, -0.05) is 13.3 Å². The van der Waals surface area contributed by atoms with Gasteiger partial charge in [0, 0.05) is 24.5 Å². The molecule has 0 amide bonds. The molecule has 1 aromatic rings. The summed E-state index contributed by atoms with van der Waals surface area (Å²) in [5.74, 6) is 0.895. The number of aromatic nitrogens is 1. The van der Waals surface area contributed by atoms with Gasteiger partial charge in [-0.05, 0) is 30.7 Å². The average Bonchev–Trinajstić information content (AvgIpc) is 2.17. The maximum atomic E-state index is 5.83. The molecule has 0 saturated heterocycles. The molecule has 3 heteroatoms. The maximum absolute atomic E-state index is 5.83. The topological polar surface area (TPSA) is 50.9 Å². The number of nitrogens with two attached hydrogens (primary N) is 1. The van der Waals surface area contributed by atoms with E-state index in [0.717, 1.165) is 23.6 Å². The number of anilines is 2. The molecule has 1 aliphatic carbocycles. The van der Waals surface area contributed by atoms with Gasteiger partial charge in [0.05, 0.1) is 0 Å². The lowest BCUT2D eigenvalue weighted by Gasteiger charge is -2.38. The standard InChI is InChI=1S/C12H19N3/c1-9-7-14-11(6-10(9)13)15-8-12(2)4-3-5-12/h6-7H,3-5,8H2,1-2H3,(H3,13,14,15). The molecule has 82 valence electrons. The zero-order valence-corrected chi connectivity index (χ0v) is 9.51. The van der Waals surface area contributed by atoms with E-state index < -0.39 is 0 Å². The molecule has 1 heterocycles. The first-order chi connectivity index (χ1) is 7.09. The van der Waals surface area contributed by atoms with Gasteiger partial charge in [0.15, 0.2) is 0 Å². The van der Waals surface area contributed by atoms with Crippen molar-refractivity contribution in [1.82, 2.24) is 4.98 Å². The predicted octanol–water partition coefficient (Wildman–Crippen LogP) is 2.57. The van der Waals surface area contributed by atoms with Gasteiger partial charge in [-0.25, -0.2) is 4.98 Å². The van der Waals surface area contributed by atoms with E-state index in [0.29, 0.717) is 5.41 Å². The summed E-state index contributed by atoms with van der Waals surface area (Å²) in [5.41, 5.74) is 8.15. The smallest absolute Gasteiger partial charge is 0.127 e. The molecule has 0 radical (unpaired) electrons. The minimum absolute atomic E-state index is 0.474. The summed E-state index contributed by atoms with van der Waals surface area (Å²) in [6.45, 7) is 5.29. The van der Waals surface area contributed by atoms with Crippen LogP contribution in [0.5, 0.6) is 0 Å². The summed E-state index contributed by atoms with van der Waals surface area (Å²) < 4.78 is 0. The van der Waals surface area contributed by atoms with E-state index in [1.807, 2.05) is 19.2 Å². The van der Waals surface area contributed by atoms with Crippen molar-refractivity contribution in [2.24, 2.45) is 5.41 Å². The molecule has 0 spiro atoms. The molecule has 1 saturated carbocycles. The number of hydrogen-bond donors (Lipinski definition) is 2. The van der Waals surface area contributed by atoms with Crippen LogP contribution in [-0.4, -0.2) is 11.5 Å². The molecule has 1 fully saturated rings. The van der Waals surface area contributed by atoms with Crippen LogP contribution in [0.4, 0.5) is 11.5 Å². The van der Waals surface area contributed by atoms with Crippen molar-refractivity contribution in [1.29, 1.82) is 0 Å². The van der Waals surface area contributed by atoms with Crippen LogP contribution in [0, 0.1) is 12.3 Å². The average molecular weight is 205 g/mol. The third-order valence-electron chi connectivity index (χ3n) is 3.40. The Bertz CT molecular complexity index is 356. The lowest BCUT2D eigenvalue weighted by Crippen LogP contribution is -2.33. The second kappa shape index (κ2) is 3.72. The van der Waals surface area contributed by atoms with Gasteiger partial charge in [-0.15, -0.1) is 0 Å². The minimum atomic E-state index is 0.474. The van der Waals surface area contributed by atoms with Gasteiger partial charge in [-0.2, -0.15) is 0 Å². The van der Waals surface area contributed by atoms with Gasteiger partial charge in [0.25, 0.3) is 0 Å². The Morgan fingerprint density at radius 2 is 2.27 bits per heavy atom. The second-order valence-corrected chi connectivity index (χ2v) is 4.94. The number of aryl methyl sites for hydroxylation is 1. The molecule has 1 aliphatic rings. The molecule has 0 bridgehead atoms. The van der Waals surface area contributed by atoms with E-state index >= 15 is 0 Å². The summed E-state index contributed by atoms with van der Waals surface area (Å²) >= 11 is 0. The fourth-order valence-electron chi connectivity index (χ4n) is 1.90. The highest BCUT2D eigenvalue weighted by Crippen LogP contribution is 2.40. The molecule has 3 N–H and O–H groups in total. The van der Waals surface area contributed by atoms with Crippen LogP contribution in [0.15, 0.2) is 12.3 Å². The number of hydrogen-bond acceptors (Lipinski definition) is 3. The van der Waals surface area contributed by atoms with E-state index in [1.54, 1.807) is 0 Å². The van der Waals surface area contributed by atoms with Gasteiger partial charge < -0.3 is 11.1 Å². The fraction of sp³-hybridized carbons (Fsp3) is 0.583. The minimum Gasteiger partial charge on any atom is -0.398 e. The zero-order chi connectivity index (χ0) is 10.9. The molecule has 1 aromatic heterocycles. The number of nitrogen functional groups attached to an aromatic ring is 1. The summed E-state index contributed by atoms with van der Waals surface area (Å²) in [4.78, 5) is 4.31. The fourth-order valence-corrected chi connectivity index (χ4v) is 1.90. The van der Waals surface area contributed by atoms with Crippen molar-refractivity contribution in [3.8, 4) is 0 Å². The van der Waals surface area contributed by atoms with E-state index in [1.165, 1.54) is 19.3 Å². The number of rotatable bonds is 3. The van der Waals surface area contributed by atoms with Crippen molar-refractivity contribution >= 4 is 11.5 Å². The monoisotopic (exact) mass is 205 g/mol. The van der Waals surface area contributed by atoms with E-state index in [2.05, 4.69) is 17.2 Å². The first kappa shape index (κ1) is 10.3. The molecule has 0 aliphatic heterocycles. The van der Waals surface area contributed by atoms with E-state index in [4.69, 9.17) is 5.73 Å². The Hall–Kier alpha value is -1.25. The molecular formula is C12H19N3. The second-order valence-electron chi connectivity index (χ2n) is 4.94. The van der Waals surface area contributed by atoms with E-state index in [-0.39, 0.29) is 0 Å². The van der Waals surface area contributed by atoms with Gasteiger partial charge in [0.1, 0.15) is 5.82 Å². The van der Waals surface area contributed by atoms with Gasteiger partial charge >= 0.3 is 0 Å². The van der Waals surface area contributed by atoms with Crippen LogP contribution >= 0.6 is 0 Å². The molecule has 0 aromatic carbocycles. The number of nitrogens with one attached hydrogen (secondary N) is 1. The van der Waals surface area contributed by atoms with Crippen LogP contribution in [0.2, 0.25) is 0 Å². The van der Waals surface area contributed by atoms with Crippen molar-refractivity contribution in [3.63, 3.8) is 0 Å². The van der Waals surface area contributed by atoms with Gasteiger partial charge in [0.2, 0.25) is 0 Å². The molecule has 15 heavy (non-hydrogen) atoms. The summed E-state index contributed by atoms with van der Waals surface area (Å²) in [7, 11) is 0. The van der Waals surface area contributed by atoms with Crippen molar-refractivity contribution in [3.05, 3.63) is 17.8 Å². The molecule has 0 unspecified atom stereocenters. The largest absolute Gasteiger partial charge is 0.398 e. The van der Waals surface area contributed by atoms with Crippen LogP contribution in [0.1, 0.15) is 31.7 Å². The Labute approximate surface area is 91.1 Å². The lowest BCUT2D eigenvalue weighted by atomic mass is 9.70. The van der Waals surface area contributed by atoms with E-state index in [9.17, 15) is 0 Å². The summed E-state index contributed by atoms with van der Waals surface area (Å²) in [6, 6.07) is 1.91. The Kier molecular flexibility index (Phi) is 2.55. The maximum Gasteiger partial charge on any atom is 0.127 e. The third-order valence-corrected chi connectivity index (χ3v) is 3.40. The normalized spacial score (nSPS) is 18.3. The Morgan fingerprint density at radius 1 is 1.53 bits per heavy atom. The third kappa shape index (κ3) is 2.22. The molecule has 3 nitrogen and oxygen atoms in total. The highest BCUT2D eigenvalue weighted by atomic mass is 15.0. The van der Waals surface area contributed by atoms with Crippen LogP contribution in [-0.2, 0) is 0 Å². The lowest BCUT2D eigenvalue weighted by molar-refractivity contribution is 0.180. The van der Waals surface area contributed by atoms with Crippen molar-refractivity contribution in [2.45, 2.75) is 33.1 Å². The summed E-state index contributed by atoms with van der Waals surface area (Å²) in [5, 5.41) is 3.36. The number of nitrogens with zero attached hydrogens (tertiary/aromatic N) is 1. The highest BCUT2D eigenvalue weighted by Gasteiger charge is 2.31. The summed E-state index contributed by atoms with van der Waals surface area (Å²) in [6.07, 6.45) is 5.82. The Balaban J connectivity index is 1.96. The quantitative estimate of drug-likeness (QED) is 0.797. The number of pyridine rings is 1. The van der Waals surface area contributed by atoms with Crippen LogP contribution in [0.3, 0.4) is 0 Å². The molecule has 0 atom stereocenters.